The van der Waals surface area contributed by atoms with Crippen LogP contribution in [0.1, 0.15) is 5.56 Å². The average molecular weight is 381 g/mol. The molecule has 0 fully saturated rings. The molecule has 0 aliphatic heterocycles. The zero-order valence-electron chi connectivity index (χ0n) is 13.2. The minimum absolute atomic E-state index is 0.816. The van der Waals surface area contributed by atoms with Crippen molar-refractivity contribution in [2.45, 2.75) is 6.92 Å². The topological polar surface area (TPSA) is 87.9 Å². The fourth-order valence-electron chi connectivity index (χ4n) is 2.97. The van der Waals surface area contributed by atoms with Gasteiger partial charge in [-0.2, -0.15) is 4.40 Å². The molecule has 0 bridgehead atoms. The Morgan fingerprint density at radius 2 is 1.52 bits per heavy atom. The Kier molecular flexibility index (Phi) is 4.79. The molecule has 2 aromatic heterocycles. The number of hydrogen-bond acceptors (Lipinski definition) is 4. The average Bonchev–Trinajstić information content (AvgIpc) is 2.55. The van der Waals surface area contributed by atoms with Gasteiger partial charge in [0, 0.05) is 28.1 Å². The van der Waals surface area contributed by atoms with E-state index in [2.05, 4.69) is 66.2 Å². The van der Waals surface area contributed by atoms with Crippen molar-refractivity contribution in [2.24, 2.45) is 0 Å². The number of pyridine rings is 2. The number of aromatic nitrogens is 1. The molecule has 0 aliphatic rings. The molecule has 2 aromatic carbocycles. The van der Waals surface area contributed by atoms with Gasteiger partial charge in [0.1, 0.15) is 0 Å². The van der Waals surface area contributed by atoms with E-state index in [0.717, 1.165) is 10.4 Å². The van der Waals surface area contributed by atoms with Gasteiger partial charge in [0.25, 0.3) is 0 Å². The van der Waals surface area contributed by atoms with Gasteiger partial charge in [0.05, 0.1) is 5.39 Å². The van der Waals surface area contributed by atoms with Crippen molar-refractivity contribution in [3.63, 3.8) is 0 Å². The Balaban J connectivity index is 0.000000324. The first kappa shape index (κ1) is 17.8. The molecule has 4 rings (SSSR count). The van der Waals surface area contributed by atoms with E-state index in [4.69, 9.17) is 30.2 Å². The molecule has 4 aromatic rings. The summed E-state index contributed by atoms with van der Waals surface area (Å²) >= 11 is 6.45. The maximum atomic E-state index is 8.83. The summed E-state index contributed by atoms with van der Waals surface area (Å²) in [5.41, 5.74) is 2.47. The molecule has 25 heavy (non-hydrogen) atoms. The third kappa shape index (κ3) is 3.82. The Bertz CT molecular complexity index is 1070. The van der Waals surface area contributed by atoms with E-state index in [1.54, 1.807) is 0 Å². The second kappa shape index (κ2) is 6.72. The molecular formula is C18H16Cl2NO4+. The van der Waals surface area contributed by atoms with Crippen LogP contribution in [-0.2, 0) is 0 Å². The Labute approximate surface area is 150 Å². The van der Waals surface area contributed by atoms with Crippen LogP contribution in [0, 0.1) is 17.2 Å². The van der Waals surface area contributed by atoms with E-state index >= 15 is 0 Å². The predicted octanol–water partition coefficient (Wildman–Crippen LogP) is 1.83. The van der Waals surface area contributed by atoms with Gasteiger partial charge in [0.15, 0.2) is 12.4 Å². The number of rotatable bonds is 0. The summed E-state index contributed by atoms with van der Waals surface area (Å²) in [6.45, 7) is 2.16. The van der Waals surface area contributed by atoms with Crippen LogP contribution in [0.4, 0.5) is 0 Å². The van der Waals surface area contributed by atoms with Gasteiger partial charge in [-0.05, 0) is 29.8 Å². The van der Waals surface area contributed by atoms with Crippen molar-refractivity contribution < 1.29 is 33.3 Å². The summed E-state index contributed by atoms with van der Waals surface area (Å²) in [6.07, 6.45) is 4.28. The van der Waals surface area contributed by atoms with Crippen LogP contribution < -0.4 is 9.06 Å². The van der Waals surface area contributed by atoms with E-state index in [1.807, 2.05) is 6.07 Å². The van der Waals surface area contributed by atoms with Crippen molar-refractivity contribution in [3.05, 3.63) is 71.5 Å². The molecule has 0 atom stereocenters. The second-order valence-electron chi connectivity index (χ2n) is 5.55. The molecular weight excluding hydrogens is 365 g/mol. The quantitative estimate of drug-likeness (QED) is 0.246. The summed E-state index contributed by atoms with van der Waals surface area (Å²) in [5.74, 6) is 0. The first-order chi connectivity index (χ1) is 11.8. The molecule has 0 amide bonds. The van der Waals surface area contributed by atoms with Crippen molar-refractivity contribution >= 4 is 38.7 Å². The van der Waals surface area contributed by atoms with Gasteiger partial charge >= 0.3 is 28.9 Å². The van der Waals surface area contributed by atoms with Gasteiger partial charge in [0.2, 0.25) is 5.52 Å². The van der Waals surface area contributed by atoms with Crippen LogP contribution in [-0.4, -0.2) is 14.0 Å². The van der Waals surface area contributed by atoms with Crippen molar-refractivity contribution in [1.29, 1.82) is 0 Å². The molecule has 0 saturated heterocycles. The van der Waals surface area contributed by atoms with Gasteiger partial charge in [-0.3, -0.25) is 0 Å². The summed E-state index contributed by atoms with van der Waals surface area (Å²) < 4.78 is 32.4. The van der Waals surface area contributed by atoms with Crippen molar-refractivity contribution in [1.82, 2.24) is 0 Å². The predicted molar refractivity (Wildman–Crippen MR) is 91.0 cm³/mol. The zero-order chi connectivity index (χ0) is 18.2. The molecule has 3 N–H and O–H groups in total. The Morgan fingerprint density at radius 3 is 2.20 bits per heavy atom. The van der Waals surface area contributed by atoms with Gasteiger partial charge < -0.3 is 0 Å². The van der Waals surface area contributed by atoms with E-state index in [0.29, 0.717) is 0 Å². The van der Waals surface area contributed by atoms with E-state index in [-0.39, 0.29) is 0 Å². The fraction of sp³-hybridized carbons (Fsp3) is 0.0556. The van der Waals surface area contributed by atoms with Crippen LogP contribution in [0.2, 0.25) is 5.02 Å². The monoisotopic (exact) mass is 380 g/mol. The van der Waals surface area contributed by atoms with E-state index in [1.165, 1.54) is 27.2 Å². The molecule has 0 spiro atoms. The molecule has 7 heteroatoms. The summed E-state index contributed by atoms with van der Waals surface area (Å²) in [7, 11) is -4.19. The van der Waals surface area contributed by atoms with Crippen LogP contribution in [0.3, 0.4) is 0 Å². The molecule has 5 nitrogen and oxygen atoms in total. The number of halogens is 2. The maximum absolute atomic E-state index is 8.83. The third-order valence-electron chi connectivity index (χ3n) is 3.98. The van der Waals surface area contributed by atoms with Crippen LogP contribution in [0.5, 0.6) is 0 Å². The van der Waals surface area contributed by atoms with Gasteiger partial charge in [-0.15, -0.1) is 0 Å². The van der Waals surface area contributed by atoms with Crippen LogP contribution >= 0.6 is 11.6 Å². The third-order valence-corrected chi connectivity index (χ3v) is 4.29. The second-order valence-corrected chi connectivity index (χ2v) is 6.82. The zero-order valence-corrected chi connectivity index (χ0v) is 14.7. The summed E-state index contributed by atoms with van der Waals surface area (Å²) in [6, 6.07) is 16.6. The minimum atomic E-state index is -4.19. The van der Waals surface area contributed by atoms with Crippen molar-refractivity contribution in [2.75, 3.05) is 0 Å². The SMILES string of the molecule is Cc1c2cc(Cl)c3ccccc3c2c[n+]2ccccc12.[O-][Cl+](O)(O)O. The number of hydrogen-bond donors (Lipinski definition) is 3. The van der Waals surface area contributed by atoms with E-state index in [9.17, 15) is 0 Å². The summed E-state index contributed by atoms with van der Waals surface area (Å²) in [4.78, 5) is 0. The van der Waals surface area contributed by atoms with E-state index < -0.39 is 10.2 Å². The first-order valence-electron chi connectivity index (χ1n) is 7.32. The van der Waals surface area contributed by atoms with Gasteiger partial charge in [-0.1, -0.05) is 35.9 Å². The Morgan fingerprint density at radius 1 is 0.920 bits per heavy atom. The standard InChI is InChI=1S/C18H13ClN.ClH3O4/c1-12-15-10-17(19)14-7-3-2-6-13(14)16(15)11-20-9-5-4-8-18(12)20;2-1(3,4)5/h2-11H,1H3;2-4H/q+1;. The normalized spacial score (nSPS) is 12.2. The molecule has 0 radical (unpaired) electrons. The fourth-order valence-corrected chi connectivity index (χ4v) is 3.24. The molecule has 0 aliphatic carbocycles. The molecule has 0 saturated carbocycles. The van der Waals surface area contributed by atoms with Gasteiger partial charge in [-0.25, -0.2) is 0 Å². The van der Waals surface area contributed by atoms with Crippen molar-refractivity contribution in [3.8, 4) is 0 Å². The number of benzene rings is 2. The molecule has 2 heterocycles. The summed E-state index contributed by atoms with van der Waals surface area (Å²) in [5, 5.41) is 5.59. The van der Waals surface area contributed by atoms with Crippen LogP contribution in [0.25, 0.3) is 27.1 Å². The Hall–Kier alpha value is -1.99. The van der Waals surface area contributed by atoms with Crippen LogP contribution in [0.15, 0.2) is 60.9 Å². The number of fused-ring (bicyclic) bond motifs is 4. The number of nitrogens with zero attached hydrogens (tertiary/aromatic N) is 1. The molecule has 0 unspecified atom stereocenters. The first-order valence-corrected chi connectivity index (χ1v) is 9.02. The number of aryl methyl sites for hydroxylation is 1. The molecule has 130 valence electrons.